The molecule has 1 saturated heterocycles. The minimum Gasteiger partial charge on any atom is -0.505 e. The third-order valence-corrected chi connectivity index (χ3v) is 8.86. The van der Waals surface area contributed by atoms with Crippen molar-refractivity contribution < 1.29 is 14.6 Å². The van der Waals surface area contributed by atoms with Crippen LogP contribution in [-0.2, 0) is 23.2 Å². The van der Waals surface area contributed by atoms with Gasteiger partial charge in [0, 0.05) is 47.5 Å². The fraction of sp³-hybridized carbons (Fsp3) is 0.600. The van der Waals surface area contributed by atoms with E-state index in [2.05, 4.69) is 35.1 Å². The van der Waals surface area contributed by atoms with E-state index in [9.17, 15) is 9.90 Å². The molecule has 32 heavy (non-hydrogen) atoms. The van der Waals surface area contributed by atoms with Crippen molar-refractivity contribution in [2.45, 2.75) is 70.1 Å². The van der Waals surface area contributed by atoms with Gasteiger partial charge in [-0.25, -0.2) is 4.98 Å². The second-order valence-corrected chi connectivity index (χ2v) is 10.9. The number of carbonyl (C=O) groups is 1. The van der Waals surface area contributed by atoms with Crippen LogP contribution in [0.4, 0.5) is 0 Å². The summed E-state index contributed by atoms with van der Waals surface area (Å²) in [6.07, 6.45) is 7.79. The summed E-state index contributed by atoms with van der Waals surface area (Å²) in [4.78, 5) is 22.0. The number of aromatic hydroxyl groups is 1. The number of amides is 1. The van der Waals surface area contributed by atoms with E-state index in [4.69, 9.17) is 4.74 Å². The number of hydrogen-bond acceptors (Lipinski definition) is 6. The van der Waals surface area contributed by atoms with Crippen molar-refractivity contribution >= 4 is 17.2 Å². The zero-order valence-corrected chi connectivity index (χ0v) is 19.8. The molecule has 172 valence electrons. The number of nitrogens with zero attached hydrogens (tertiary/aromatic N) is 2. The normalized spacial score (nSPS) is 30.0. The summed E-state index contributed by atoms with van der Waals surface area (Å²) in [5.41, 5.74) is 1.49. The molecule has 2 aromatic rings. The molecule has 0 aromatic carbocycles. The van der Waals surface area contributed by atoms with Crippen molar-refractivity contribution in [2.24, 2.45) is 5.92 Å². The number of nitrogens with one attached hydrogen (secondary N) is 1. The Morgan fingerprint density at radius 2 is 2.28 bits per heavy atom. The molecule has 3 aliphatic rings. The van der Waals surface area contributed by atoms with Crippen molar-refractivity contribution in [1.29, 1.82) is 0 Å². The minimum absolute atomic E-state index is 0.0679. The van der Waals surface area contributed by atoms with Crippen molar-refractivity contribution in [3.05, 3.63) is 45.4 Å². The summed E-state index contributed by atoms with van der Waals surface area (Å²) in [6, 6.07) is 6.19. The fourth-order valence-electron chi connectivity index (χ4n) is 5.71. The van der Waals surface area contributed by atoms with E-state index >= 15 is 0 Å². The van der Waals surface area contributed by atoms with Gasteiger partial charge in [-0.3, -0.25) is 4.79 Å². The van der Waals surface area contributed by atoms with Crippen molar-refractivity contribution in [2.75, 3.05) is 19.7 Å². The number of pyridine rings is 1. The van der Waals surface area contributed by atoms with Crippen molar-refractivity contribution in [3.63, 3.8) is 0 Å². The Labute approximate surface area is 194 Å². The SMILES string of the molecule is CCc1cc2c(s1)CCO[C@@]21CCN(CC2CC(NC(=O)c3ncccc3O)C2)[C@@H](C)C1. The molecule has 2 atom stereocenters. The maximum atomic E-state index is 12.4. The predicted molar refractivity (Wildman–Crippen MR) is 125 cm³/mol. The van der Waals surface area contributed by atoms with Gasteiger partial charge in [0.25, 0.3) is 5.91 Å². The molecular formula is C25H33N3O3S. The van der Waals surface area contributed by atoms with Gasteiger partial charge < -0.3 is 20.1 Å². The first kappa shape index (κ1) is 21.9. The van der Waals surface area contributed by atoms with Crippen molar-refractivity contribution in [3.8, 4) is 5.75 Å². The molecule has 4 heterocycles. The van der Waals surface area contributed by atoms with Crippen LogP contribution in [0.3, 0.4) is 0 Å². The zero-order chi connectivity index (χ0) is 22.3. The van der Waals surface area contributed by atoms with E-state index in [1.165, 1.54) is 22.7 Å². The molecule has 7 heteroatoms. The quantitative estimate of drug-likeness (QED) is 0.716. The third-order valence-electron chi connectivity index (χ3n) is 7.52. The summed E-state index contributed by atoms with van der Waals surface area (Å²) in [5, 5.41) is 12.8. The van der Waals surface area contributed by atoms with Gasteiger partial charge in [-0.2, -0.15) is 0 Å². The first-order valence-electron chi connectivity index (χ1n) is 11.9. The second kappa shape index (κ2) is 8.76. The van der Waals surface area contributed by atoms with E-state index < -0.39 is 0 Å². The first-order valence-corrected chi connectivity index (χ1v) is 12.7. The highest BCUT2D eigenvalue weighted by Crippen LogP contribution is 2.46. The van der Waals surface area contributed by atoms with E-state index in [0.717, 1.165) is 58.2 Å². The van der Waals surface area contributed by atoms with Gasteiger partial charge >= 0.3 is 0 Å². The third kappa shape index (κ3) is 4.06. The number of thiophene rings is 1. The molecule has 1 amide bonds. The molecule has 0 radical (unpaired) electrons. The Balaban J connectivity index is 1.14. The molecule has 2 aliphatic heterocycles. The Bertz CT molecular complexity index is 987. The average molecular weight is 456 g/mol. The Hall–Kier alpha value is -1.96. The summed E-state index contributed by atoms with van der Waals surface area (Å²) < 4.78 is 6.47. The number of likely N-dealkylation sites (tertiary alicyclic amines) is 1. The molecule has 0 unspecified atom stereocenters. The lowest BCUT2D eigenvalue weighted by Crippen LogP contribution is -2.54. The van der Waals surface area contributed by atoms with Crippen molar-refractivity contribution in [1.82, 2.24) is 15.2 Å². The lowest BCUT2D eigenvalue weighted by Gasteiger charge is -2.49. The van der Waals surface area contributed by atoms with E-state index in [1.54, 1.807) is 10.9 Å². The largest absolute Gasteiger partial charge is 0.505 e. The summed E-state index contributed by atoms with van der Waals surface area (Å²) in [5.74, 6) is 0.249. The van der Waals surface area contributed by atoms with Gasteiger partial charge in [-0.15, -0.1) is 11.3 Å². The lowest BCUT2D eigenvalue weighted by molar-refractivity contribution is -0.114. The molecule has 1 spiro atoms. The highest BCUT2D eigenvalue weighted by atomic mass is 32.1. The summed E-state index contributed by atoms with van der Waals surface area (Å²) in [7, 11) is 0. The highest BCUT2D eigenvalue weighted by molar-refractivity contribution is 7.12. The number of hydrogen-bond donors (Lipinski definition) is 2. The summed E-state index contributed by atoms with van der Waals surface area (Å²) in [6.45, 7) is 7.57. The molecule has 6 nitrogen and oxygen atoms in total. The van der Waals surface area contributed by atoms with Crippen LogP contribution in [0.15, 0.2) is 24.4 Å². The van der Waals surface area contributed by atoms with Crippen LogP contribution in [0.25, 0.3) is 0 Å². The van der Waals surface area contributed by atoms with Crippen LogP contribution in [0.2, 0.25) is 0 Å². The molecule has 5 rings (SSSR count). The number of piperidine rings is 1. The van der Waals surface area contributed by atoms with E-state index in [-0.39, 0.29) is 29.0 Å². The number of fused-ring (bicyclic) bond motifs is 2. The number of rotatable bonds is 5. The first-order chi connectivity index (χ1) is 15.5. The molecule has 0 bridgehead atoms. The zero-order valence-electron chi connectivity index (χ0n) is 19.0. The smallest absolute Gasteiger partial charge is 0.273 e. The highest BCUT2D eigenvalue weighted by Gasteiger charge is 2.45. The number of aryl methyl sites for hydroxylation is 1. The molecule has 2 N–H and O–H groups in total. The topological polar surface area (TPSA) is 74.7 Å². The number of carbonyl (C=O) groups excluding carboxylic acids is 1. The van der Waals surface area contributed by atoms with Gasteiger partial charge in [0.2, 0.25) is 0 Å². The Morgan fingerprint density at radius 3 is 3.03 bits per heavy atom. The van der Waals surface area contributed by atoms with Crippen LogP contribution >= 0.6 is 11.3 Å². The van der Waals surface area contributed by atoms with Gasteiger partial charge in [0.15, 0.2) is 5.69 Å². The molecule has 2 fully saturated rings. The number of aromatic nitrogens is 1. The van der Waals surface area contributed by atoms with Crippen LogP contribution < -0.4 is 5.32 Å². The van der Waals surface area contributed by atoms with Crippen LogP contribution in [0.5, 0.6) is 5.75 Å². The molecule has 1 saturated carbocycles. The van der Waals surface area contributed by atoms with E-state index in [1.807, 2.05) is 11.3 Å². The van der Waals surface area contributed by atoms with Crippen LogP contribution in [0, 0.1) is 5.92 Å². The molecule has 1 aliphatic carbocycles. The second-order valence-electron chi connectivity index (χ2n) is 9.67. The minimum atomic E-state index is -0.285. The number of ether oxygens (including phenoxy) is 1. The van der Waals surface area contributed by atoms with Gasteiger partial charge in [-0.1, -0.05) is 6.92 Å². The standard InChI is InChI=1S/C25H33N3O3S/c1-3-19-13-20-22(32-19)6-10-31-25(20)7-9-28(16(2)14-25)15-17-11-18(12-17)27-24(30)23-21(29)5-4-8-26-23/h4-5,8,13,16-18,29H,3,6-7,9-12,14-15H2,1-2H3,(H,27,30)/t16-,17?,18?,25+/m0/s1. The van der Waals surface area contributed by atoms with Gasteiger partial charge in [0.05, 0.1) is 12.2 Å². The maximum absolute atomic E-state index is 12.4. The molecular weight excluding hydrogens is 422 g/mol. The van der Waals surface area contributed by atoms with Gasteiger partial charge in [-0.05, 0) is 68.7 Å². The van der Waals surface area contributed by atoms with Gasteiger partial charge in [0.1, 0.15) is 5.75 Å². The average Bonchev–Trinajstić information content (AvgIpc) is 3.19. The maximum Gasteiger partial charge on any atom is 0.273 e. The Kier molecular flexibility index (Phi) is 5.99. The predicted octanol–water partition coefficient (Wildman–Crippen LogP) is 3.87. The fourth-order valence-corrected chi connectivity index (χ4v) is 6.88. The van der Waals surface area contributed by atoms with Crippen LogP contribution in [-0.4, -0.2) is 52.7 Å². The molecule has 2 aromatic heterocycles. The van der Waals surface area contributed by atoms with Crippen LogP contribution in [0.1, 0.15) is 65.3 Å². The van der Waals surface area contributed by atoms with E-state index in [0.29, 0.717) is 12.0 Å². The summed E-state index contributed by atoms with van der Waals surface area (Å²) >= 11 is 1.98. The monoisotopic (exact) mass is 455 g/mol. The lowest BCUT2D eigenvalue weighted by atomic mass is 9.76. The Morgan fingerprint density at radius 1 is 1.44 bits per heavy atom.